The van der Waals surface area contributed by atoms with Gasteiger partial charge in [-0.25, -0.2) is 0 Å². The van der Waals surface area contributed by atoms with Gasteiger partial charge in [0.05, 0.1) is 45.7 Å². The third-order valence-electron chi connectivity index (χ3n) is 13.9. The predicted octanol–water partition coefficient (Wildman–Crippen LogP) is 15.4. The van der Waals surface area contributed by atoms with Crippen LogP contribution in [0, 0.1) is 22.7 Å². The number of nitriles is 2. The van der Waals surface area contributed by atoms with E-state index in [-0.39, 0.29) is 5.41 Å². The Kier molecular flexibility index (Phi) is 8.27. The van der Waals surface area contributed by atoms with Crippen LogP contribution in [-0.2, 0) is 5.41 Å². The average Bonchev–Trinajstić information content (AvgIpc) is 4.04. The molecule has 1 aromatic heterocycles. The fraction of sp³-hybridized carbons (Fsp3) is 0.138. The zero-order valence-corrected chi connectivity index (χ0v) is 35.2. The van der Waals surface area contributed by atoms with E-state index in [2.05, 4.69) is 157 Å². The zero-order valence-electron chi connectivity index (χ0n) is 35.2. The minimum Gasteiger partial charge on any atom is -0.453 e. The Morgan fingerprint density at radius 2 is 1.16 bits per heavy atom. The van der Waals surface area contributed by atoms with Gasteiger partial charge in [0.15, 0.2) is 11.5 Å². The molecule has 1 fully saturated rings. The number of anilines is 3. The summed E-state index contributed by atoms with van der Waals surface area (Å²) in [6, 6.07) is 62.7. The molecule has 2 aliphatic carbocycles. The molecule has 0 atom stereocenters. The SMILES string of the molecule is CC1(C)c2ccccc2-c2cc3c4cc(-c5ccc6c(c5)Oc5cc(-c7cccc(C#N)c7)ccc5N6c5cccc(C6CCCC6)c5)ccc4n(-c4cccc(C#N)c4)c3cc21. The van der Waals surface area contributed by atoms with Crippen molar-refractivity contribution in [1.82, 2.24) is 4.57 Å². The van der Waals surface area contributed by atoms with Crippen molar-refractivity contribution in [2.45, 2.75) is 50.9 Å². The van der Waals surface area contributed by atoms with E-state index in [0.29, 0.717) is 17.0 Å². The molecular weight excluding hydrogens is 769 g/mol. The maximum absolute atomic E-state index is 9.92. The molecule has 1 saturated carbocycles. The molecule has 2 heterocycles. The highest BCUT2D eigenvalue weighted by atomic mass is 16.5. The van der Waals surface area contributed by atoms with E-state index in [1.54, 1.807) is 0 Å². The number of hydrogen-bond donors (Lipinski definition) is 0. The van der Waals surface area contributed by atoms with Gasteiger partial charge in [-0.2, -0.15) is 10.5 Å². The first kappa shape index (κ1) is 36.9. The molecule has 1 aliphatic heterocycles. The normalized spacial score (nSPS) is 14.7. The first-order valence-corrected chi connectivity index (χ1v) is 22.0. The number of nitrogens with zero attached hydrogens (tertiary/aromatic N) is 4. The van der Waals surface area contributed by atoms with Crippen LogP contribution in [0.2, 0.25) is 0 Å². The van der Waals surface area contributed by atoms with E-state index in [1.165, 1.54) is 58.9 Å². The molecule has 0 unspecified atom stereocenters. The van der Waals surface area contributed by atoms with Crippen LogP contribution >= 0.6 is 0 Å². The summed E-state index contributed by atoms with van der Waals surface area (Å²) in [5, 5.41) is 21.9. The average molecular weight is 811 g/mol. The lowest BCUT2D eigenvalue weighted by atomic mass is 9.82. The van der Waals surface area contributed by atoms with E-state index >= 15 is 0 Å². The number of hydrogen-bond acceptors (Lipinski definition) is 4. The molecule has 0 amide bonds. The molecule has 9 aromatic rings. The first-order valence-electron chi connectivity index (χ1n) is 22.0. The fourth-order valence-corrected chi connectivity index (χ4v) is 10.8. The van der Waals surface area contributed by atoms with Crippen LogP contribution in [-0.4, -0.2) is 4.57 Å². The van der Waals surface area contributed by atoms with Gasteiger partial charge in [-0.15, -0.1) is 0 Å². The van der Waals surface area contributed by atoms with E-state index in [9.17, 15) is 10.5 Å². The minimum absolute atomic E-state index is 0.157. The molecule has 12 rings (SSSR count). The quantitative estimate of drug-likeness (QED) is 0.174. The van der Waals surface area contributed by atoms with E-state index in [4.69, 9.17) is 4.74 Å². The second-order valence-electron chi connectivity index (χ2n) is 17.9. The number of fused-ring (bicyclic) bond motifs is 8. The second kappa shape index (κ2) is 14.1. The van der Waals surface area contributed by atoms with Crippen LogP contribution in [0.4, 0.5) is 17.1 Å². The maximum atomic E-state index is 9.92. The highest BCUT2D eigenvalue weighted by Crippen LogP contribution is 2.54. The van der Waals surface area contributed by atoms with Crippen LogP contribution in [0.15, 0.2) is 164 Å². The predicted molar refractivity (Wildman–Crippen MR) is 255 cm³/mol. The summed E-state index contributed by atoms with van der Waals surface area (Å²) in [5.41, 5.74) is 18.1. The van der Waals surface area contributed by atoms with Crippen molar-refractivity contribution in [3.63, 3.8) is 0 Å². The number of aromatic nitrogens is 1. The van der Waals surface area contributed by atoms with Gasteiger partial charge >= 0.3 is 0 Å². The molecule has 0 bridgehead atoms. The summed E-state index contributed by atoms with van der Waals surface area (Å²) in [6.45, 7) is 4.64. The highest BCUT2D eigenvalue weighted by molar-refractivity contribution is 6.13. The molecule has 0 radical (unpaired) electrons. The molecule has 63 heavy (non-hydrogen) atoms. The van der Waals surface area contributed by atoms with Crippen LogP contribution < -0.4 is 9.64 Å². The van der Waals surface area contributed by atoms with E-state index < -0.39 is 0 Å². The minimum atomic E-state index is -0.157. The van der Waals surface area contributed by atoms with Gasteiger partial charge in [0, 0.05) is 27.6 Å². The Balaban J connectivity index is 1.03. The van der Waals surface area contributed by atoms with Gasteiger partial charge in [0.1, 0.15) is 0 Å². The van der Waals surface area contributed by atoms with E-state index in [1.807, 2.05) is 42.5 Å². The summed E-state index contributed by atoms with van der Waals surface area (Å²) >= 11 is 0. The van der Waals surface area contributed by atoms with Crippen LogP contribution in [0.5, 0.6) is 11.5 Å². The molecule has 8 aromatic carbocycles. The lowest BCUT2D eigenvalue weighted by Gasteiger charge is -2.34. The molecule has 0 spiro atoms. The Morgan fingerprint density at radius 1 is 0.524 bits per heavy atom. The Labute approximate surface area is 367 Å². The standard InChI is InChI=1S/C58H42N4O/c1-58(2)50-19-6-5-18-46(50)47-32-49-48-29-41(20-23-52(48)61(55(49)33-51(47)58)44-16-8-11-37(27-44)35-60)43-22-25-54-57(31-43)63-56-30-42(39-14-7-10-36(26-39)34-59)21-24-53(56)62(54)45-17-9-15-40(28-45)38-12-3-4-13-38/h5-11,14-33,38H,3-4,12-13H2,1-2H3. The van der Waals surface area contributed by atoms with Crippen molar-refractivity contribution in [2.24, 2.45) is 0 Å². The third kappa shape index (κ3) is 5.81. The summed E-state index contributed by atoms with van der Waals surface area (Å²) in [4.78, 5) is 2.35. The van der Waals surface area contributed by atoms with Gasteiger partial charge in [-0.3, -0.25) is 0 Å². The van der Waals surface area contributed by atoms with Crippen LogP contribution in [0.25, 0.3) is 60.9 Å². The van der Waals surface area contributed by atoms with Gasteiger partial charge in [-0.1, -0.05) is 99.5 Å². The van der Waals surface area contributed by atoms with Crippen molar-refractivity contribution in [3.05, 3.63) is 192 Å². The third-order valence-corrected chi connectivity index (χ3v) is 13.9. The van der Waals surface area contributed by atoms with E-state index in [0.717, 1.165) is 72.9 Å². The van der Waals surface area contributed by atoms with Gasteiger partial charge in [0.2, 0.25) is 0 Å². The van der Waals surface area contributed by atoms with Crippen molar-refractivity contribution in [2.75, 3.05) is 4.90 Å². The van der Waals surface area contributed by atoms with Crippen molar-refractivity contribution < 1.29 is 4.74 Å². The summed E-state index contributed by atoms with van der Waals surface area (Å²) in [5.74, 6) is 2.13. The van der Waals surface area contributed by atoms with Gasteiger partial charge in [0.25, 0.3) is 0 Å². The monoisotopic (exact) mass is 810 g/mol. The highest BCUT2D eigenvalue weighted by Gasteiger charge is 2.36. The Hall–Kier alpha value is -7.86. The zero-order chi connectivity index (χ0) is 42.4. The molecule has 300 valence electrons. The van der Waals surface area contributed by atoms with Crippen molar-refractivity contribution in [3.8, 4) is 62.7 Å². The molecule has 0 N–H and O–H groups in total. The van der Waals surface area contributed by atoms with Gasteiger partial charge < -0.3 is 14.2 Å². The van der Waals surface area contributed by atoms with Crippen LogP contribution in [0.3, 0.4) is 0 Å². The fourth-order valence-electron chi connectivity index (χ4n) is 10.8. The molecule has 0 saturated heterocycles. The number of benzene rings is 8. The number of rotatable bonds is 5. The smallest absolute Gasteiger partial charge is 0.152 e. The largest absolute Gasteiger partial charge is 0.453 e. The van der Waals surface area contributed by atoms with Gasteiger partial charge in [-0.05, 0) is 160 Å². The maximum Gasteiger partial charge on any atom is 0.152 e. The van der Waals surface area contributed by atoms with Crippen molar-refractivity contribution in [1.29, 1.82) is 10.5 Å². The molecular formula is C58H42N4O. The molecule has 3 aliphatic rings. The first-order chi connectivity index (χ1) is 30.9. The molecule has 5 nitrogen and oxygen atoms in total. The topological polar surface area (TPSA) is 65.0 Å². The molecule has 5 heteroatoms. The second-order valence-corrected chi connectivity index (χ2v) is 17.9. The number of ether oxygens (including phenoxy) is 1. The van der Waals surface area contributed by atoms with Crippen LogP contribution in [0.1, 0.15) is 73.3 Å². The Bertz CT molecular complexity index is 3460. The van der Waals surface area contributed by atoms with Crippen molar-refractivity contribution >= 4 is 38.9 Å². The summed E-state index contributed by atoms with van der Waals surface area (Å²) in [6.07, 6.45) is 5.03. The summed E-state index contributed by atoms with van der Waals surface area (Å²) < 4.78 is 9.27. The lowest BCUT2D eigenvalue weighted by Crippen LogP contribution is -2.16. The lowest BCUT2D eigenvalue weighted by molar-refractivity contribution is 0.477. The Morgan fingerprint density at radius 3 is 1.92 bits per heavy atom. The summed E-state index contributed by atoms with van der Waals surface area (Å²) in [7, 11) is 0.